The Morgan fingerprint density at radius 3 is 2.10 bits per heavy atom. The van der Waals surface area contributed by atoms with Gasteiger partial charge in [0.2, 0.25) is 6.29 Å². The van der Waals surface area contributed by atoms with Crippen LogP contribution in [0, 0.1) is 0 Å². The SMILES string of the molecule is COc1cc2c(cc1OCCCCCOc1cc3c(cc1OC)C(=O)N1Cc4cc(OS(=O)(=O)Oc5cc(C(=O)CCCOCCOCCOCCN=[N+]=[N-])ccc5O[C@@H]5O[C@H](CO)[C@H](O)[C@H](O)[C@H]5O)ccc4C[C@H]1C=N3)C=NC1Cc3ccccc3CN1C2=O. The monoisotopic (exact) mass is 1280 g/mol. The van der Waals surface area contributed by atoms with E-state index in [1.54, 1.807) is 59.7 Å². The number of hydrogen-bond donors (Lipinski definition) is 4. The maximum atomic E-state index is 14.4. The Morgan fingerprint density at radius 2 is 1.36 bits per heavy atom. The van der Waals surface area contributed by atoms with Gasteiger partial charge in [0.15, 0.2) is 40.3 Å². The van der Waals surface area contributed by atoms with E-state index in [4.69, 9.17) is 66.5 Å². The lowest BCUT2D eigenvalue weighted by Crippen LogP contribution is -2.60. The Balaban J connectivity index is 0.732. The maximum Gasteiger partial charge on any atom is 0.501 e. The van der Waals surface area contributed by atoms with Crippen molar-refractivity contribution < 1.29 is 94.2 Å². The number of ether oxygens (including phenoxy) is 9. The Kier molecular flexibility index (Phi) is 22.0. The molecule has 0 saturated carbocycles. The fraction of sp³-hybridized carbons (Fsp3) is 0.444. The van der Waals surface area contributed by atoms with Crippen LogP contribution in [0.25, 0.3) is 10.4 Å². The van der Waals surface area contributed by atoms with E-state index in [2.05, 4.69) is 16.1 Å². The third kappa shape index (κ3) is 16.0. The Bertz CT molecular complexity index is 3660. The minimum absolute atomic E-state index is 0.00162. The highest BCUT2D eigenvalue weighted by molar-refractivity contribution is 7.82. The van der Waals surface area contributed by atoms with Crippen LogP contribution in [0.15, 0.2) is 100 Å². The highest BCUT2D eigenvalue weighted by Gasteiger charge is 2.45. The summed E-state index contributed by atoms with van der Waals surface area (Å²) in [6, 6.07) is 22.5. The summed E-state index contributed by atoms with van der Waals surface area (Å²) in [4.78, 5) is 57.3. The van der Waals surface area contributed by atoms with Gasteiger partial charge in [0.25, 0.3) is 11.8 Å². The predicted molar refractivity (Wildman–Crippen MR) is 325 cm³/mol. The Morgan fingerprint density at radius 1 is 0.681 bits per heavy atom. The molecule has 10 rings (SSSR count). The number of aliphatic hydroxyl groups excluding tert-OH is 4. The second-order valence-corrected chi connectivity index (χ2v) is 23.0. The molecule has 1 unspecified atom stereocenters. The molecule has 1 fully saturated rings. The van der Waals surface area contributed by atoms with Crippen LogP contribution in [-0.2, 0) is 55.3 Å². The molecule has 484 valence electrons. The molecular weight excluding hydrogens is 1210 g/mol. The minimum Gasteiger partial charge on any atom is -0.493 e. The van der Waals surface area contributed by atoms with Gasteiger partial charge in [-0.05, 0) is 108 Å². The fourth-order valence-corrected chi connectivity index (χ4v) is 11.7. The summed E-state index contributed by atoms with van der Waals surface area (Å²) >= 11 is 0. The standard InChI is InChI=1S/C63H71N7O20S/c1-80-51-30-46-42(33-66-57-29-38-9-4-5-10-41(38)35-70(57)61(46)76)28-53(51)85-18-6-3-7-19-86-54-32-48-47(31-52(54)81-2)62(77)69-36-43-26-45(14-12-39(43)25-44(69)34-65-48)89-91(78,79)90-55-27-40(13-15-50(55)87-63-60(75)59(74)58(73)56(37-71)88-63)49(72)11-8-17-82-21-23-84-24-22-83-20-16-67-68-64/h4-5,9-10,12-15,26-28,30-34,44,56-60,63,71,73-75H,3,6-8,11,16-25,29,35-37H2,1-2H3/t44-,56+,57?,58-,59-,60+,63+/m0/s1. The molecule has 4 N–H and O–H groups in total. The van der Waals surface area contributed by atoms with Gasteiger partial charge in [-0.3, -0.25) is 24.4 Å². The van der Waals surface area contributed by atoms with Gasteiger partial charge in [-0.2, -0.15) is 0 Å². The fourth-order valence-electron chi connectivity index (χ4n) is 11.0. The predicted octanol–water partition coefficient (Wildman–Crippen LogP) is 5.78. The number of ketones is 1. The van der Waals surface area contributed by atoms with Crippen molar-refractivity contribution in [1.82, 2.24) is 9.80 Å². The number of nitrogens with zero attached hydrogens (tertiary/aromatic N) is 7. The van der Waals surface area contributed by atoms with Crippen molar-refractivity contribution in [3.05, 3.63) is 140 Å². The second kappa shape index (κ2) is 30.6. The van der Waals surface area contributed by atoms with E-state index in [0.29, 0.717) is 104 Å². The Labute approximate surface area is 524 Å². The molecule has 5 aliphatic rings. The molecule has 0 aliphatic carbocycles. The summed E-state index contributed by atoms with van der Waals surface area (Å²) in [5.74, 6) is -0.364. The zero-order chi connectivity index (χ0) is 64.0. The summed E-state index contributed by atoms with van der Waals surface area (Å²) < 4.78 is 89.9. The van der Waals surface area contributed by atoms with Crippen LogP contribution >= 0.6 is 0 Å². The number of aliphatic hydroxyl groups is 4. The largest absolute Gasteiger partial charge is 0.501 e. The third-order valence-electron chi connectivity index (χ3n) is 15.8. The van der Waals surface area contributed by atoms with Crippen molar-refractivity contribution in [2.45, 2.75) is 101 Å². The van der Waals surface area contributed by atoms with Crippen LogP contribution in [0.4, 0.5) is 5.69 Å². The summed E-state index contributed by atoms with van der Waals surface area (Å²) in [6.07, 6.45) is -2.10. The van der Waals surface area contributed by atoms with Crippen LogP contribution in [0.1, 0.15) is 91.0 Å². The van der Waals surface area contributed by atoms with Gasteiger partial charge in [-0.1, -0.05) is 35.4 Å². The summed E-state index contributed by atoms with van der Waals surface area (Å²) in [6.45, 7) is 2.24. The molecule has 2 amide bonds. The van der Waals surface area contributed by atoms with Crippen molar-refractivity contribution >= 4 is 46.1 Å². The molecule has 91 heavy (non-hydrogen) atoms. The molecule has 1 saturated heterocycles. The van der Waals surface area contributed by atoms with Crippen molar-refractivity contribution in [3.63, 3.8) is 0 Å². The quantitative estimate of drug-likeness (QED) is 0.0134. The molecule has 5 aliphatic heterocycles. The highest BCUT2D eigenvalue weighted by Crippen LogP contribution is 2.41. The van der Waals surface area contributed by atoms with E-state index in [1.165, 1.54) is 36.9 Å². The number of unbranched alkanes of at least 4 members (excludes halogenated alkanes) is 2. The molecule has 0 aromatic heterocycles. The number of amides is 2. The highest BCUT2D eigenvalue weighted by atomic mass is 32.3. The average Bonchev–Trinajstić information content (AvgIpc) is 1.81. The third-order valence-corrected chi connectivity index (χ3v) is 16.6. The minimum atomic E-state index is -5.07. The van der Waals surface area contributed by atoms with E-state index in [1.807, 2.05) is 18.2 Å². The van der Waals surface area contributed by atoms with Crippen LogP contribution in [0.5, 0.6) is 40.2 Å². The molecule has 0 bridgehead atoms. The number of rotatable bonds is 31. The van der Waals surface area contributed by atoms with Gasteiger partial charge < -0.3 is 81.2 Å². The van der Waals surface area contributed by atoms with Gasteiger partial charge >= 0.3 is 10.4 Å². The lowest BCUT2D eigenvalue weighted by atomic mass is 9.94. The van der Waals surface area contributed by atoms with Crippen LogP contribution < -0.4 is 32.1 Å². The molecule has 0 spiro atoms. The smallest absolute Gasteiger partial charge is 0.493 e. The normalized spacial score (nSPS) is 20.5. The molecule has 5 aromatic carbocycles. The lowest BCUT2D eigenvalue weighted by Gasteiger charge is -2.39. The first-order chi connectivity index (χ1) is 44.1. The van der Waals surface area contributed by atoms with Crippen LogP contribution in [0.3, 0.4) is 0 Å². The maximum absolute atomic E-state index is 14.4. The van der Waals surface area contributed by atoms with Crippen molar-refractivity contribution in [3.8, 4) is 40.2 Å². The topological polar surface area (TPSA) is 348 Å². The summed E-state index contributed by atoms with van der Waals surface area (Å²) in [5, 5.41) is 44.7. The average molecular weight is 1280 g/mol. The van der Waals surface area contributed by atoms with Gasteiger partial charge in [0.05, 0.1) is 89.9 Å². The lowest BCUT2D eigenvalue weighted by molar-refractivity contribution is -0.277. The number of fused-ring (bicyclic) bond motifs is 6. The van der Waals surface area contributed by atoms with Crippen molar-refractivity contribution in [1.29, 1.82) is 0 Å². The molecule has 7 atom stereocenters. The van der Waals surface area contributed by atoms with Gasteiger partial charge in [-0.15, -0.1) is 8.42 Å². The van der Waals surface area contributed by atoms with E-state index in [-0.39, 0.29) is 93.0 Å². The van der Waals surface area contributed by atoms with E-state index >= 15 is 0 Å². The second-order valence-electron chi connectivity index (χ2n) is 21.8. The first-order valence-corrected chi connectivity index (χ1v) is 31.1. The van der Waals surface area contributed by atoms with Gasteiger partial charge in [-0.25, -0.2) is 0 Å². The first kappa shape index (κ1) is 65.5. The molecule has 0 radical (unpaired) electrons. The zero-order valence-corrected chi connectivity index (χ0v) is 50.9. The van der Waals surface area contributed by atoms with Gasteiger partial charge in [0, 0.05) is 73.6 Å². The van der Waals surface area contributed by atoms with Crippen molar-refractivity contribution in [2.24, 2.45) is 15.1 Å². The number of hydrogen-bond acceptors (Lipinski definition) is 23. The molecule has 27 nitrogen and oxygen atoms in total. The van der Waals surface area contributed by atoms with E-state index in [0.717, 1.165) is 23.6 Å². The molecule has 28 heteroatoms. The van der Waals surface area contributed by atoms with E-state index < -0.39 is 65.3 Å². The van der Waals surface area contributed by atoms with Crippen LogP contribution in [-0.4, -0.2) is 192 Å². The summed E-state index contributed by atoms with van der Waals surface area (Å²) in [5.41, 5.74) is 13.8. The number of Topliss-reactive ketones (excluding diaryl/α,β-unsaturated/α-hetero) is 1. The number of carbonyl (C=O) groups is 3. The summed E-state index contributed by atoms with van der Waals surface area (Å²) in [7, 11) is -2.06. The zero-order valence-electron chi connectivity index (χ0n) is 50.1. The first-order valence-electron chi connectivity index (χ1n) is 29.8. The molecule has 5 aromatic rings. The molecular formula is C63H71N7O20S. The van der Waals surface area contributed by atoms with Crippen molar-refractivity contribution in [2.75, 3.05) is 80.2 Å². The van der Waals surface area contributed by atoms with E-state index in [9.17, 15) is 43.2 Å². The van der Waals surface area contributed by atoms with Crippen LogP contribution in [0.2, 0.25) is 0 Å². The number of azide groups is 1. The number of benzene rings is 5. The molecule has 5 heterocycles. The number of aliphatic imine (C=N–C) groups is 2. The Hall–Kier alpha value is -8.41. The number of methoxy groups -OCH3 is 2. The van der Waals surface area contributed by atoms with Gasteiger partial charge in [0.1, 0.15) is 36.3 Å². The number of carbonyl (C=O) groups excluding carboxylic acids is 3.